The fourth-order valence-corrected chi connectivity index (χ4v) is 2.94. The predicted molar refractivity (Wildman–Crippen MR) is 104 cm³/mol. The Bertz CT molecular complexity index is 1070. The smallest absolute Gasteiger partial charge is 0.258 e. The number of hydrogen-bond donors (Lipinski definition) is 2. The molecule has 2 N–H and O–H groups in total. The first-order valence-electron chi connectivity index (χ1n) is 8.59. The maximum atomic E-state index is 14.1. The van der Waals surface area contributed by atoms with E-state index in [1.807, 2.05) is 60.7 Å². The van der Waals surface area contributed by atoms with Gasteiger partial charge >= 0.3 is 0 Å². The molecule has 4 aromatic rings. The van der Waals surface area contributed by atoms with Crippen molar-refractivity contribution >= 4 is 11.6 Å². The molecule has 1 aromatic heterocycles. The van der Waals surface area contributed by atoms with E-state index in [9.17, 15) is 13.6 Å². The molecule has 6 heteroatoms. The van der Waals surface area contributed by atoms with Gasteiger partial charge in [0.15, 0.2) is 0 Å². The molecule has 0 aliphatic carbocycles. The lowest BCUT2D eigenvalue weighted by molar-refractivity contribution is 0.102. The summed E-state index contributed by atoms with van der Waals surface area (Å²) in [6.07, 6.45) is 0. The molecule has 0 unspecified atom stereocenters. The largest absolute Gasteiger partial charge is 0.318 e. The highest BCUT2D eigenvalue weighted by molar-refractivity contribution is 6.08. The first-order chi connectivity index (χ1) is 13.6. The second kappa shape index (κ2) is 7.44. The molecule has 0 bridgehead atoms. The van der Waals surface area contributed by atoms with Crippen molar-refractivity contribution < 1.29 is 13.6 Å². The third-order valence-corrected chi connectivity index (χ3v) is 4.29. The molecule has 4 rings (SSSR count). The predicted octanol–water partition coefficient (Wildman–Crippen LogP) is 5.27. The molecule has 1 amide bonds. The Morgan fingerprint density at radius 3 is 2.14 bits per heavy atom. The summed E-state index contributed by atoms with van der Waals surface area (Å²) in [5.74, 6) is -2.36. The number of carbonyl (C=O) groups excluding carboxylic acids is 1. The Morgan fingerprint density at radius 1 is 0.857 bits per heavy atom. The second-order valence-corrected chi connectivity index (χ2v) is 6.13. The standard InChI is InChI=1S/C22H15F2N3O/c23-16-11-12-17(18(24)13-16)22(28)25-21-19(14-7-3-1-4-8-14)26-27-20(21)15-9-5-2-6-10-15/h1-13H,(H,25,28)(H,26,27). The van der Waals surface area contributed by atoms with Crippen molar-refractivity contribution in [2.75, 3.05) is 5.32 Å². The Kier molecular flexibility index (Phi) is 4.68. The molecule has 1 heterocycles. The number of H-pyrrole nitrogens is 1. The molecule has 0 saturated carbocycles. The van der Waals surface area contributed by atoms with E-state index in [2.05, 4.69) is 15.5 Å². The van der Waals surface area contributed by atoms with E-state index < -0.39 is 17.5 Å². The van der Waals surface area contributed by atoms with Crippen LogP contribution in [0.25, 0.3) is 22.5 Å². The average Bonchev–Trinajstić information content (AvgIpc) is 3.12. The molecule has 28 heavy (non-hydrogen) atoms. The Balaban J connectivity index is 1.79. The molecule has 0 saturated heterocycles. The van der Waals surface area contributed by atoms with Crippen LogP contribution < -0.4 is 5.32 Å². The molecular weight excluding hydrogens is 360 g/mol. The van der Waals surface area contributed by atoms with Gasteiger partial charge in [0.05, 0.1) is 16.9 Å². The van der Waals surface area contributed by atoms with Crippen LogP contribution in [0.4, 0.5) is 14.5 Å². The van der Waals surface area contributed by atoms with Crippen molar-refractivity contribution in [3.05, 3.63) is 96.1 Å². The minimum absolute atomic E-state index is 0.249. The van der Waals surface area contributed by atoms with Crippen LogP contribution >= 0.6 is 0 Å². The fraction of sp³-hybridized carbons (Fsp3) is 0. The molecule has 0 aliphatic heterocycles. The number of nitrogens with zero attached hydrogens (tertiary/aromatic N) is 1. The van der Waals surface area contributed by atoms with E-state index in [1.54, 1.807) is 0 Å². The molecular formula is C22H15F2N3O. The number of anilines is 1. The quantitative estimate of drug-likeness (QED) is 0.510. The van der Waals surface area contributed by atoms with Crippen LogP contribution in [0.3, 0.4) is 0 Å². The molecule has 4 nitrogen and oxygen atoms in total. The highest BCUT2D eigenvalue weighted by atomic mass is 19.1. The normalized spacial score (nSPS) is 10.6. The number of aromatic nitrogens is 2. The number of aromatic amines is 1. The van der Waals surface area contributed by atoms with Crippen molar-refractivity contribution in [1.82, 2.24) is 10.2 Å². The van der Waals surface area contributed by atoms with E-state index in [0.29, 0.717) is 23.1 Å². The maximum absolute atomic E-state index is 14.1. The molecule has 0 atom stereocenters. The van der Waals surface area contributed by atoms with Gasteiger partial charge in [-0.15, -0.1) is 0 Å². The summed E-state index contributed by atoms with van der Waals surface area (Å²) in [6, 6.07) is 21.5. The summed E-state index contributed by atoms with van der Waals surface area (Å²) in [5, 5.41) is 10.0. The van der Waals surface area contributed by atoms with E-state index in [0.717, 1.165) is 23.3 Å². The summed E-state index contributed by atoms with van der Waals surface area (Å²) < 4.78 is 27.2. The first-order valence-corrected chi connectivity index (χ1v) is 8.59. The molecule has 0 aliphatic rings. The van der Waals surface area contributed by atoms with Gasteiger partial charge in [-0.1, -0.05) is 60.7 Å². The number of rotatable bonds is 4. The third-order valence-electron chi connectivity index (χ3n) is 4.29. The Morgan fingerprint density at radius 2 is 1.50 bits per heavy atom. The van der Waals surface area contributed by atoms with Crippen LogP contribution in [0.5, 0.6) is 0 Å². The zero-order valence-electron chi connectivity index (χ0n) is 14.6. The lowest BCUT2D eigenvalue weighted by atomic mass is 10.1. The van der Waals surface area contributed by atoms with Crippen LogP contribution in [-0.2, 0) is 0 Å². The monoisotopic (exact) mass is 375 g/mol. The van der Waals surface area contributed by atoms with Gasteiger partial charge in [-0.25, -0.2) is 8.78 Å². The number of hydrogen-bond acceptors (Lipinski definition) is 2. The van der Waals surface area contributed by atoms with Crippen molar-refractivity contribution in [3.8, 4) is 22.5 Å². The second-order valence-electron chi connectivity index (χ2n) is 6.13. The van der Waals surface area contributed by atoms with Gasteiger partial charge in [0.1, 0.15) is 17.3 Å². The summed E-state index contributed by atoms with van der Waals surface area (Å²) in [6.45, 7) is 0. The molecule has 138 valence electrons. The highest BCUT2D eigenvalue weighted by Crippen LogP contribution is 2.35. The van der Waals surface area contributed by atoms with Crippen LogP contribution in [0, 0.1) is 11.6 Å². The first kappa shape index (κ1) is 17.6. The van der Waals surface area contributed by atoms with Gasteiger partial charge in [0, 0.05) is 17.2 Å². The fourth-order valence-electron chi connectivity index (χ4n) is 2.94. The lowest BCUT2D eigenvalue weighted by Crippen LogP contribution is -2.14. The van der Waals surface area contributed by atoms with Crippen LogP contribution in [0.2, 0.25) is 0 Å². The van der Waals surface area contributed by atoms with Crippen LogP contribution in [0.15, 0.2) is 78.9 Å². The minimum atomic E-state index is -0.927. The molecule has 0 radical (unpaired) electrons. The highest BCUT2D eigenvalue weighted by Gasteiger charge is 2.21. The summed E-state index contributed by atoms with van der Waals surface area (Å²) in [7, 11) is 0. The Labute approximate surface area is 159 Å². The molecule has 0 spiro atoms. The SMILES string of the molecule is O=C(Nc1c(-c2ccccc2)n[nH]c1-c1ccccc1)c1ccc(F)cc1F. The van der Waals surface area contributed by atoms with Gasteiger partial charge in [-0.05, 0) is 12.1 Å². The number of benzene rings is 3. The number of carbonyl (C=O) groups is 1. The van der Waals surface area contributed by atoms with Crippen molar-refractivity contribution in [1.29, 1.82) is 0 Å². The van der Waals surface area contributed by atoms with E-state index in [1.165, 1.54) is 0 Å². The van der Waals surface area contributed by atoms with Crippen molar-refractivity contribution in [2.24, 2.45) is 0 Å². The molecule has 3 aromatic carbocycles. The van der Waals surface area contributed by atoms with Crippen LogP contribution in [-0.4, -0.2) is 16.1 Å². The van der Waals surface area contributed by atoms with Crippen LogP contribution in [0.1, 0.15) is 10.4 Å². The zero-order chi connectivity index (χ0) is 19.5. The van der Waals surface area contributed by atoms with Crippen molar-refractivity contribution in [2.45, 2.75) is 0 Å². The zero-order valence-corrected chi connectivity index (χ0v) is 14.6. The van der Waals surface area contributed by atoms with Gasteiger partial charge in [-0.2, -0.15) is 5.10 Å². The average molecular weight is 375 g/mol. The Hall–Kier alpha value is -3.80. The number of halogens is 2. The van der Waals surface area contributed by atoms with Gasteiger partial charge in [0.25, 0.3) is 5.91 Å². The minimum Gasteiger partial charge on any atom is -0.318 e. The topological polar surface area (TPSA) is 57.8 Å². The lowest BCUT2D eigenvalue weighted by Gasteiger charge is -2.10. The van der Waals surface area contributed by atoms with E-state index in [-0.39, 0.29) is 5.56 Å². The van der Waals surface area contributed by atoms with Gasteiger partial charge in [0.2, 0.25) is 0 Å². The maximum Gasteiger partial charge on any atom is 0.258 e. The summed E-state index contributed by atoms with van der Waals surface area (Å²) >= 11 is 0. The number of nitrogens with one attached hydrogen (secondary N) is 2. The van der Waals surface area contributed by atoms with Crippen molar-refractivity contribution in [3.63, 3.8) is 0 Å². The summed E-state index contributed by atoms with van der Waals surface area (Å²) in [5.41, 5.74) is 2.89. The van der Waals surface area contributed by atoms with E-state index >= 15 is 0 Å². The van der Waals surface area contributed by atoms with Gasteiger partial charge in [-0.3, -0.25) is 9.89 Å². The third kappa shape index (κ3) is 3.40. The van der Waals surface area contributed by atoms with Gasteiger partial charge < -0.3 is 5.32 Å². The molecule has 0 fully saturated rings. The summed E-state index contributed by atoms with van der Waals surface area (Å²) in [4.78, 5) is 12.7. The van der Waals surface area contributed by atoms with E-state index in [4.69, 9.17) is 0 Å². The number of amides is 1.